The normalized spacial score (nSPS) is 24.9. The molecule has 1 aromatic carbocycles. The van der Waals surface area contributed by atoms with E-state index >= 15 is 0 Å². The summed E-state index contributed by atoms with van der Waals surface area (Å²) in [5.41, 5.74) is 0.336. The summed E-state index contributed by atoms with van der Waals surface area (Å²) < 4.78 is 11.4. The van der Waals surface area contributed by atoms with E-state index in [4.69, 9.17) is 20.8 Å². The lowest BCUT2D eigenvalue weighted by molar-refractivity contribution is -0.141. The molecule has 0 aliphatic carbocycles. The van der Waals surface area contributed by atoms with E-state index in [1.807, 2.05) is 0 Å². The number of hydrogen-bond acceptors (Lipinski definition) is 5. The molecule has 4 rings (SSSR count). The molecule has 2 aliphatic heterocycles. The first-order valence-corrected chi connectivity index (χ1v) is 9.66. The first-order chi connectivity index (χ1) is 13.5. The van der Waals surface area contributed by atoms with Crippen molar-refractivity contribution in [1.82, 2.24) is 4.90 Å². The predicted octanol–water partition coefficient (Wildman–Crippen LogP) is 3.37. The Balaban J connectivity index is 1.72. The number of halogens is 1. The Morgan fingerprint density at radius 1 is 1.18 bits per heavy atom. The van der Waals surface area contributed by atoms with Crippen LogP contribution in [0, 0.1) is 12.8 Å². The number of Topliss-reactive ketones (excluding diaryl/α,β-unsaturated/α-hetero) is 2. The Hall–Kier alpha value is -2.44. The Bertz CT molecular complexity index is 913. The maximum absolute atomic E-state index is 13.2. The van der Waals surface area contributed by atoms with Crippen LogP contribution in [0.4, 0.5) is 0 Å². The fraction of sp³-hybridized carbons (Fsp3) is 0.381. The molecule has 7 heteroatoms. The summed E-state index contributed by atoms with van der Waals surface area (Å²) in [5.74, 6) is -1.86. The van der Waals surface area contributed by atoms with Crippen LogP contribution in [-0.2, 0) is 14.3 Å². The predicted molar refractivity (Wildman–Crippen MR) is 101 cm³/mol. The highest BCUT2D eigenvalue weighted by molar-refractivity contribution is 6.44. The second-order valence-electron chi connectivity index (χ2n) is 7.20. The van der Waals surface area contributed by atoms with Crippen LogP contribution in [0.2, 0.25) is 5.02 Å². The first kappa shape index (κ1) is 18.9. The molecule has 3 atom stereocenters. The van der Waals surface area contributed by atoms with Crippen molar-refractivity contribution < 1.29 is 23.5 Å². The number of furan rings is 1. The zero-order valence-corrected chi connectivity index (χ0v) is 16.1. The van der Waals surface area contributed by atoms with Gasteiger partial charge in [-0.15, -0.1) is 0 Å². The second-order valence-corrected chi connectivity index (χ2v) is 7.64. The summed E-state index contributed by atoms with van der Waals surface area (Å²) in [4.78, 5) is 40.2. The fourth-order valence-corrected chi connectivity index (χ4v) is 4.04. The molecule has 146 valence electrons. The number of amides is 1. The minimum atomic E-state index is -1.15. The highest BCUT2D eigenvalue weighted by Crippen LogP contribution is 2.39. The SMILES string of the molecule is Cc1ccc(C2C(C(=O)c3ccc(Cl)cc3)C(=O)C(=O)N2CC2CCCO2)o1. The summed E-state index contributed by atoms with van der Waals surface area (Å²) in [6.07, 6.45) is 1.59. The highest BCUT2D eigenvalue weighted by atomic mass is 35.5. The van der Waals surface area contributed by atoms with Crippen molar-refractivity contribution in [1.29, 1.82) is 0 Å². The van der Waals surface area contributed by atoms with Crippen LogP contribution in [0.25, 0.3) is 0 Å². The minimum Gasteiger partial charge on any atom is -0.464 e. The Kier molecular flexibility index (Phi) is 5.08. The number of aryl methyl sites for hydroxylation is 1. The summed E-state index contributed by atoms with van der Waals surface area (Å²) in [6, 6.07) is 9.01. The third-order valence-corrected chi connectivity index (χ3v) is 5.55. The van der Waals surface area contributed by atoms with Crippen LogP contribution in [0.1, 0.15) is 40.8 Å². The average Bonchev–Trinajstić information content (AvgIpc) is 3.39. The molecular formula is C21H20ClNO5. The Morgan fingerprint density at radius 2 is 1.93 bits per heavy atom. The number of hydrogen-bond donors (Lipinski definition) is 0. The van der Waals surface area contributed by atoms with Gasteiger partial charge in [0.2, 0.25) is 5.78 Å². The molecule has 3 unspecified atom stereocenters. The number of benzene rings is 1. The van der Waals surface area contributed by atoms with Gasteiger partial charge in [-0.3, -0.25) is 14.4 Å². The van der Waals surface area contributed by atoms with Crippen LogP contribution >= 0.6 is 11.6 Å². The van der Waals surface area contributed by atoms with Crippen molar-refractivity contribution in [2.24, 2.45) is 5.92 Å². The van der Waals surface area contributed by atoms with Crippen molar-refractivity contribution in [3.63, 3.8) is 0 Å². The van der Waals surface area contributed by atoms with Crippen LogP contribution < -0.4 is 0 Å². The molecule has 0 bridgehead atoms. The maximum Gasteiger partial charge on any atom is 0.291 e. The van der Waals surface area contributed by atoms with Crippen molar-refractivity contribution in [3.05, 3.63) is 58.5 Å². The molecule has 6 nitrogen and oxygen atoms in total. The molecule has 1 aromatic heterocycles. The zero-order valence-electron chi connectivity index (χ0n) is 15.4. The number of rotatable bonds is 5. The molecule has 2 fully saturated rings. The van der Waals surface area contributed by atoms with Gasteiger partial charge in [-0.1, -0.05) is 11.6 Å². The lowest BCUT2D eigenvalue weighted by Crippen LogP contribution is -2.36. The Labute approximate surface area is 167 Å². The van der Waals surface area contributed by atoms with Gasteiger partial charge < -0.3 is 14.1 Å². The van der Waals surface area contributed by atoms with Crippen LogP contribution in [0.5, 0.6) is 0 Å². The number of carbonyl (C=O) groups is 3. The standard InChI is InChI=1S/C21H20ClNO5/c1-12-4-9-16(28-12)18-17(19(24)13-5-7-14(22)8-6-13)20(25)21(26)23(18)11-15-3-2-10-27-15/h4-9,15,17-18H,2-3,10-11H2,1H3. The van der Waals surface area contributed by atoms with Gasteiger partial charge >= 0.3 is 0 Å². The number of ketones is 2. The minimum absolute atomic E-state index is 0.139. The quantitative estimate of drug-likeness (QED) is 0.436. The van der Waals surface area contributed by atoms with E-state index in [-0.39, 0.29) is 12.6 Å². The molecular weight excluding hydrogens is 382 g/mol. The molecule has 2 saturated heterocycles. The van der Waals surface area contributed by atoms with E-state index in [1.165, 1.54) is 4.90 Å². The lowest BCUT2D eigenvalue weighted by Gasteiger charge is -2.27. The average molecular weight is 402 g/mol. The van der Waals surface area contributed by atoms with Crippen molar-refractivity contribution in [2.75, 3.05) is 13.2 Å². The number of carbonyl (C=O) groups excluding carboxylic acids is 3. The van der Waals surface area contributed by atoms with Gasteiger partial charge in [0.1, 0.15) is 23.5 Å². The molecule has 2 aliphatic rings. The van der Waals surface area contributed by atoms with Crippen molar-refractivity contribution >= 4 is 29.1 Å². The number of likely N-dealkylation sites (tertiary alicyclic amines) is 1. The monoisotopic (exact) mass is 401 g/mol. The van der Waals surface area contributed by atoms with E-state index in [0.29, 0.717) is 28.7 Å². The van der Waals surface area contributed by atoms with Gasteiger partial charge in [0.05, 0.1) is 6.10 Å². The summed E-state index contributed by atoms with van der Waals surface area (Å²) >= 11 is 5.90. The highest BCUT2D eigenvalue weighted by Gasteiger charge is 2.53. The molecule has 0 saturated carbocycles. The maximum atomic E-state index is 13.2. The molecule has 1 amide bonds. The van der Waals surface area contributed by atoms with Gasteiger partial charge in [-0.2, -0.15) is 0 Å². The van der Waals surface area contributed by atoms with Gasteiger partial charge in [-0.05, 0) is 56.2 Å². The fourth-order valence-electron chi connectivity index (χ4n) is 3.91. The van der Waals surface area contributed by atoms with Crippen molar-refractivity contribution in [2.45, 2.75) is 31.9 Å². The zero-order chi connectivity index (χ0) is 19.8. The molecule has 0 spiro atoms. The van der Waals surface area contributed by atoms with Gasteiger partial charge in [-0.25, -0.2) is 0 Å². The molecule has 0 N–H and O–H groups in total. The van der Waals surface area contributed by atoms with Gasteiger partial charge in [0.25, 0.3) is 5.91 Å². The largest absolute Gasteiger partial charge is 0.464 e. The third-order valence-electron chi connectivity index (χ3n) is 5.29. The number of ether oxygens (including phenoxy) is 1. The second kappa shape index (κ2) is 7.53. The van der Waals surface area contributed by atoms with Crippen molar-refractivity contribution in [3.8, 4) is 0 Å². The van der Waals surface area contributed by atoms with Crippen LogP contribution in [-0.4, -0.2) is 41.6 Å². The van der Waals surface area contributed by atoms with E-state index in [2.05, 4.69) is 0 Å². The van der Waals surface area contributed by atoms with E-state index < -0.39 is 29.4 Å². The van der Waals surface area contributed by atoms with Gasteiger partial charge in [0, 0.05) is 23.7 Å². The summed E-state index contributed by atoms with van der Waals surface area (Å²) in [6.45, 7) is 2.68. The molecule has 2 aromatic rings. The first-order valence-electron chi connectivity index (χ1n) is 9.28. The third kappa shape index (κ3) is 3.38. The summed E-state index contributed by atoms with van der Waals surface area (Å²) in [7, 11) is 0. The lowest BCUT2D eigenvalue weighted by atomic mass is 9.88. The number of nitrogens with zero attached hydrogens (tertiary/aromatic N) is 1. The smallest absolute Gasteiger partial charge is 0.291 e. The Morgan fingerprint density at radius 3 is 2.54 bits per heavy atom. The molecule has 0 radical (unpaired) electrons. The van der Waals surface area contributed by atoms with Crippen LogP contribution in [0.15, 0.2) is 40.8 Å². The van der Waals surface area contributed by atoms with E-state index in [9.17, 15) is 14.4 Å². The molecule has 28 heavy (non-hydrogen) atoms. The molecule has 3 heterocycles. The van der Waals surface area contributed by atoms with Gasteiger partial charge in [0.15, 0.2) is 5.78 Å². The van der Waals surface area contributed by atoms with E-state index in [0.717, 1.165) is 12.8 Å². The topological polar surface area (TPSA) is 76.8 Å². The van der Waals surface area contributed by atoms with Crippen LogP contribution in [0.3, 0.4) is 0 Å². The van der Waals surface area contributed by atoms with E-state index in [1.54, 1.807) is 43.3 Å². The summed E-state index contributed by atoms with van der Waals surface area (Å²) in [5, 5.41) is 0.489.